The molecule has 0 atom stereocenters. The molecule has 32 heavy (non-hydrogen) atoms. The van der Waals surface area contributed by atoms with Gasteiger partial charge in [-0.1, -0.05) is 42.5 Å². The number of hydrogen-bond acceptors (Lipinski definition) is 4. The van der Waals surface area contributed by atoms with Crippen molar-refractivity contribution in [3.05, 3.63) is 95.1 Å². The summed E-state index contributed by atoms with van der Waals surface area (Å²) in [6.45, 7) is 0. The first kappa shape index (κ1) is 22.0. The summed E-state index contributed by atoms with van der Waals surface area (Å²) < 4.78 is 0. The van der Waals surface area contributed by atoms with Crippen molar-refractivity contribution in [2.45, 2.75) is 0 Å². The molecule has 8 nitrogen and oxygen atoms in total. The van der Waals surface area contributed by atoms with Crippen LogP contribution in [0.5, 0.6) is 0 Å². The Labute approximate surface area is 180 Å². The number of rotatable bonds is 4. The Kier molecular flexibility index (Phi) is 6.16. The highest BCUT2D eigenvalue weighted by atomic mass is 16.4. The van der Waals surface area contributed by atoms with Crippen molar-refractivity contribution in [1.82, 2.24) is 0 Å². The highest BCUT2D eigenvalue weighted by Crippen LogP contribution is 2.21. The van der Waals surface area contributed by atoms with E-state index in [0.717, 1.165) is 0 Å². The molecule has 0 aliphatic heterocycles. The maximum atomic E-state index is 10.9. The monoisotopic (exact) mass is 432 g/mol. The van der Waals surface area contributed by atoms with Crippen LogP contribution in [-0.4, -0.2) is 44.3 Å². The van der Waals surface area contributed by atoms with E-state index in [-0.39, 0.29) is 22.3 Å². The van der Waals surface area contributed by atoms with Crippen molar-refractivity contribution >= 4 is 45.4 Å². The molecule has 160 valence electrons. The molecule has 0 saturated carbocycles. The van der Waals surface area contributed by atoms with Gasteiger partial charge in [-0.15, -0.1) is 0 Å². The van der Waals surface area contributed by atoms with Crippen molar-refractivity contribution in [3.8, 4) is 0 Å². The van der Waals surface area contributed by atoms with Gasteiger partial charge in [0.05, 0.1) is 22.3 Å². The third-order valence-electron chi connectivity index (χ3n) is 4.70. The quantitative estimate of drug-likeness (QED) is 0.369. The summed E-state index contributed by atoms with van der Waals surface area (Å²) in [6.07, 6.45) is 0. The number of hydrogen-bond donors (Lipinski definition) is 4. The zero-order valence-electron chi connectivity index (χ0n) is 16.4. The molecule has 0 bridgehead atoms. The fraction of sp³-hybridized carbons (Fsp3) is 0. The number of carboxylic acids is 4. The van der Waals surface area contributed by atoms with E-state index >= 15 is 0 Å². The molecule has 4 N–H and O–H groups in total. The van der Waals surface area contributed by atoms with Crippen LogP contribution in [-0.2, 0) is 0 Å². The fourth-order valence-corrected chi connectivity index (χ4v) is 3.20. The van der Waals surface area contributed by atoms with E-state index in [1.165, 1.54) is 36.4 Å². The SMILES string of the molecule is O=C(O)c1cc2ccccc2cc1C(=O)O.O=C(O)c1ccc2c(C(=O)O)cccc2c1. The Hall–Kier alpha value is -4.72. The van der Waals surface area contributed by atoms with Gasteiger partial charge in [-0.3, -0.25) is 0 Å². The number of aromatic carboxylic acids is 4. The summed E-state index contributed by atoms with van der Waals surface area (Å²) in [5.41, 5.74) is -0.0538. The van der Waals surface area contributed by atoms with E-state index in [1.54, 1.807) is 36.4 Å². The highest BCUT2D eigenvalue weighted by molar-refractivity contribution is 6.06. The summed E-state index contributed by atoms with van der Waals surface area (Å²) >= 11 is 0. The molecule has 8 heteroatoms. The van der Waals surface area contributed by atoms with Gasteiger partial charge in [0.1, 0.15) is 0 Å². The molecule has 0 unspecified atom stereocenters. The molecule has 4 rings (SSSR count). The lowest BCUT2D eigenvalue weighted by Crippen LogP contribution is -2.07. The standard InChI is InChI=1S/2C12H8O4/c13-11(14)8-4-5-9-7(6-8)2-1-3-10(9)12(15)16;13-11(14)9-5-7-3-1-2-4-8(7)6-10(9)12(15)16/h2*1-6H,(H,13,14)(H,15,16). The molecule has 0 amide bonds. The molecule has 0 radical (unpaired) electrons. The van der Waals surface area contributed by atoms with E-state index in [0.29, 0.717) is 21.5 Å². The molecule has 0 aliphatic carbocycles. The van der Waals surface area contributed by atoms with Crippen LogP contribution in [0.1, 0.15) is 41.4 Å². The van der Waals surface area contributed by atoms with Crippen molar-refractivity contribution in [3.63, 3.8) is 0 Å². The van der Waals surface area contributed by atoms with Crippen LogP contribution >= 0.6 is 0 Å². The number of carboxylic acid groups (broad SMARTS) is 4. The molecule has 4 aromatic rings. The second-order valence-corrected chi connectivity index (χ2v) is 6.71. The minimum Gasteiger partial charge on any atom is -0.478 e. The molecular formula is C24H16O8. The lowest BCUT2D eigenvalue weighted by Gasteiger charge is -2.04. The minimum atomic E-state index is -1.23. The fourth-order valence-electron chi connectivity index (χ4n) is 3.20. The highest BCUT2D eigenvalue weighted by Gasteiger charge is 2.16. The third kappa shape index (κ3) is 4.54. The Bertz CT molecular complexity index is 1340. The molecule has 0 spiro atoms. The van der Waals surface area contributed by atoms with Crippen LogP contribution < -0.4 is 0 Å². The average molecular weight is 432 g/mol. The van der Waals surface area contributed by atoms with Gasteiger partial charge in [-0.25, -0.2) is 19.2 Å². The predicted octanol–water partition coefficient (Wildman–Crippen LogP) is 4.47. The molecule has 0 heterocycles. The number of carbonyl (C=O) groups is 4. The lowest BCUT2D eigenvalue weighted by atomic mass is 10.0. The van der Waals surface area contributed by atoms with Crippen LogP contribution in [0.3, 0.4) is 0 Å². The van der Waals surface area contributed by atoms with Gasteiger partial charge in [0, 0.05) is 0 Å². The van der Waals surface area contributed by atoms with Crippen LogP contribution in [0, 0.1) is 0 Å². The van der Waals surface area contributed by atoms with E-state index in [9.17, 15) is 19.2 Å². The second-order valence-electron chi connectivity index (χ2n) is 6.71. The molecule has 4 aromatic carbocycles. The summed E-state index contributed by atoms with van der Waals surface area (Å²) in [7, 11) is 0. The zero-order chi connectivity index (χ0) is 23.4. The number of fused-ring (bicyclic) bond motifs is 2. The van der Waals surface area contributed by atoms with Crippen LogP contribution in [0.15, 0.2) is 72.8 Å². The molecule has 0 aromatic heterocycles. The predicted molar refractivity (Wildman–Crippen MR) is 116 cm³/mol. The summed E-state index contributed by atoms with van der Waals surface area (Å²) in [5.74, 6) is -4.51. The van der Waals surface area contributed by atoms with Crippen LogP contribution in [0.25, 0.3) is 21.5 Å². The maximum Gasteiger partial charge on any atom is 0.336 e. The molecular weight excluding hydrogens is 416 g/mol. The van der Waals surface area contributed by atoms with Gasteiger partial charge in [-0.2, -0.15) is 0 Å². The Morgan fingerprint density at radius 1 is 0.469 bits per heavy atom. The normalized spacial score (nSPS) is 10.2. The summed E-state index contributed by atoms with van der Waals surface area (Å²) in [6, 6.07) is 18.9. The molecule has 0 aliphatic rings. The Balaban J connectivity index is 0.000000181. The van der Waals surface area contributed by atoms with Crippen molar-refractivity contribution < 1.29 is 39.6 Å². The first-order valence-corrected chi connectivity index (χ1v) is 9.18. The lowest BCUT2D eigenvalue weighted by molar-refractivity contribution is 0.0652. The number of benzene rings is 4. The van der Waals surface area contributed by atoms with E-state index in [1.807, 2.05) is 0 Å². The van der Waals surface area contributed by atoms with Gasteiger partial charge in [-0.05, 0) is 51.9 Å². The topological polar surface area (TPSA) is 149 Å². The van der Waals surface area contributed by atoms with Gasteiger partial charge in [0.25, 0.3) is 0 Å². The Morgan fingerprint density at radius 3 is 1.44 bits per heavy atom. The van der Waals surface area contributed by atoms with E-state index < -0.39 is 23.9 Å². The minimum absolute atomic E-state index is 0.148. The largest absolute Gasteiger partial charge is 0.478 e. The van der Waals surface area contributed by atoms with Crippen molar-refractivity contribution in [2.75, 3.05) is 0 Å². The van der Waals surface area contributed by atoms with Gasteiger partial charge in [0.15, 0.2) is 0 Å². The Morgan fingerprint density at radius 2 is 0.969 bits per heavy atom. The summed E-state index contributed by atoms with van der Waals surface area (Å²) in [5, 5.41) is 38.2. The first-order valence-electron chi connectivity index (χ1n) is 9.18. The van der Waals surface area contributed by atoms with Crippen LogP contribution in [0.4, 0.5) is 0 Å². The van der Waals surface area contributed by atoms with E-state index in [2.05, 4.69) is 0 Å². The van der Waals surface area contributed by atoms with E-state index in [4.69, 9.17) is 20.4 Å². The smallest absolute Gasteiger partial charge is 0.336 e. The van der Waals surface area contributed by atoms with Crippen LogP contribution in [0.2, 0.25) is 0 Å². The maximum absolute atomic E-state index is 10.9. The molecule has 0 fully saturated rings. The van der Waals surface area contributed by atoms with Gasteiger partial charge in [0.2, 0.25) is 0 Å². The van der Waals surface area contributed by atoms with Gasteiger partial charge >= 0.3 is 23.9 Å². The third-order valence-corrected chi connectivity index (χ3v) is 4.70. The average Bonchev–Trinajstić information content (AvgIpc) is 2.77. The molecule has 0 saturated heterocycles. The van der Waals surface area contributed by atoms with Gasteiger partial charge < -0.3 is 20.4 Å². The first-order chi connectivity index (χ1) is 15.2. The summed E-state index contributed by atoms with van der Waals surface area (Å²) in [4.78, 5) is 43.5. The van der Waals surface area contributed by atoms with Crippen molar-refractivity contribution in [2.24, 2.45) is 0 Å². The van der Waals surface area contributed by atoms with Crippen molar-refractivity contribution in [1.29, 1.82) is 0 Å². The second kappa shape index (κ2) is 8.97. The zero-order valence-corrected chi connectivity index (χ0v) is 16.4.